The number of aliphatic hydroxyl groups is 1. The zero-order chi connectivity index (χ0) is 21.8. The lowest BCUT2D eigenvalue weighted by Gasteiger charge is -2.56. The van der Waals surface area contributed by atoms with E-state index in [9.17, 15) is 19.5 Å². The Morgan fingerprint density at radius 1 is 1.00 bits per heavy atom. The van der Waals surface area contributed by atoms with Gasteiger partial charge in [-0.15, -0.1) is 0 Å². The number of hydrogen-bond donors (Lipinski definition) is 2. The van der Waals surface area contributed by atoms with E-state index in [-0.39, 0.29) is 36.2 Å². The van der Waals surface area contributed by atoms with Gasteiger partial charge in [0.15, 0.2) is 6.10 Å². The molecule has 0 radical (unpaired) electrons. The summed E-state index contributed by atoms with van der Waals surface area (Å²) in [5.41, 5.74) is -0.358. The average molecular weight is 433 g/mol. The van der Waals surface area contributed by atoms with Crippen molar-refractivity contribution < 1.29 is 24.2 Å². The second kappa shape index (κ2) is 8.05. The number of esters is 1. The van der Waals surface area contributed by atoms with Crippen molar-refractivity contribution >= 4 is 17.8 Å². The third kappa shape index (κ3) is 3.98. The maximum atomic E-state index is 13.7. The number of carbonyl (C=O) groups is 3. The third-order valence-corrected chi connectivity index (χ3v) is 8.67. The quantitative estimate of drug-likeness (QED) is 0.649. The van der Waals surface area contributed by atoms with E-state index in [1.165, 1.54) is 19.3 Å². The first-order valence-corrected chi connectivity index (χ1v) is 12.3. The van der Waals surface area contributed by atoms with Crippen LogP contribution in [0, 0.1) is 23.2 Å². The van der Waals surface area contributed by atoms with E-state index in [1.807, 2.05) is 0 Å². The number of nitrogens with one attached hydrogen (secondary N) is 1. The van der Waals surface area contributed by atoms with Gasteiger partial charge < -0.3 is 20.1 Å². The highest BCUT2D eigenvalue weighted by molar-refractivity contribution is 5.90. The molecule has 31 heavy (non-hydrogen) atoms. The topological polar surface area (TPSA) is 95.9 Å². The first-order chi connectivity index (χ1) is 14.8. The molecule has 172 valence electrons. The number of β-amino-alcohol motifs (C(OH)–C–C–N with tert-alkyl or cyclic N) is 1. The molecule has 5 saturated carbocycles. The number of amides is 2. The molecule has 2 N–H and O–H groups in total. The molecule has 0 aromatic heterocycles. The monoisotopic (exact) mass is 432 g/mol. The van der Waals surface area contributed by atoms with E-state index in [2.05, 4.69) is 5.32 Å². The Morgan fingerprint density at radius 3 is 2.16 bits per heavy atom. The van der Waals surface area contributed by atoms with Gasteiger partial charge in [0, 0.05) is 19.0 Å². The van der Waals surface area contributed by atoms with E-state index in [4.69, 9.17) is 4.74 Å². The molecule has 6 rings (SSSR count). The van der Waals surface area contributed by atoms with Crippen LogP contribution in [0.3, 0.4) is 0 Å². The normalized spacial score (nSPS) is 40.2. The molecule has 3 atom stereocenters. The lowest BCUT2D eigenvalue weighted by atomic mass is 9.49. The highest BCUT2D eigenvalue weighted by Gasteiger charge is 2.57. The van der Waals surface area contributed by atoms with Crippen molar-refractivity contribution in [2.24, 2.45) is 23.2 Å². The molecule has 7 nitrogen and oxygen atoms in total. The third-order valence-electron chi connectivity index (χ3n) is 8.67. The number of likely N-dealkylation sites (tertiary alicyclic amines) is 1. The molecule has 0 spiro atoms. The maximum absolute atomic E-state index is 13.7. The molecule has 7 heteroatoms. The van der Waals surface area contributed by atoms with Gasteiger partial charge in [-0.05, 0) is 76.0 Å². The van der Waals surface area contributed by atoms with Crippen molar-refractivity contribution in [2.45, 2.75) is 102 Å². The molecule has 1 heterocycles. The molecule has 1 saturated heterocycles. The van der Waals surface area contributed by atoms with Gasteiger partial charge in [-0.3, -0.25) is 9.59 Å². The van der Waals surface area contributed by atoms with Crippen molar-refractivity contribution in [1.29, 1.82) is 0 Å². The summed E-state index contributed by atoms with van der Waals surface area (Å²) in [6.07, 6.45) is 9.22. The summed E-state index contributed by atoms with van der Waals surface area (Å²) in [6, 6.07) is -0.631. The fraction of sp³-hybridized carbons (Fsp3) is 0.875. The van der Waals surface area contributed by atoms with E-state index >= 15 is 0 Å². The minimum Gasteiger partial charge on any atom is -0.451 e. The predicted molar refractivity (Wildman–Crippen MR) is 113 cm³/mol. The van der Waals surface area contributed by atoms with Gasteiger partial charge in [0.05, 0.1) is 11.5 Å². The molecule has 1 aliphatic heterocycles. The number of hydrogen-bond acceptors (Lipinski definition) is 5. The molecule has 2 unspecified atom stereocenters. The SMILES string of the molecule is CC(OC(=O)[C@@H]1CC(O)CN1C(=O)C12CC3CC(CC(C3)C1)C2)C(=O)NC1CCCC1. The zero-order valence-electron chi connectivity index (χ0n) is 18.6. The van der Waals surface area contributed by atoms with Gasteiger partial charge in [0.25, 0.3) is 5.91 Å². The van der Waals surface area contributed by atoms with Crippen molar-refractivity contribution in [3.05, 3.63) is 0 Å². The van der Waals surface area contributed by atoms with E-state index < -0.39 is 24.2 Å². The molecule has 4 bridgehead atoms. The zero-order valence-corrected chi connectivity index (χ0v) is 18.6. The fourth-order valence-corrected chi connectivity index (χ4v) is 7.63. The molecular weight excluding hydrogens is 396 g/mol. The predicted octanol–water partition coefficient (Wildman–Crippen LogP) is 2.16. The Balaban J connectivity index is 1.24. The van der Waals surface area contributed by atoms with Crippen LogP contribution in [0.5, 0.6) is 0 Å². The van der Waals surface area contributed by atoms with Gasteiger partial charge in [0.2, 0.25) is 5.91 Å². The standard InChI is InChI=1S/C24H36N2O5/c1-14(21(28)25-18-4-2-3-5-18)31-22(29)20-9-19(27)13-26(20)23(30)24-10-15-6-16(11-24)8-17(7-15)12-24/h14-20,27H,2-13H2,1H3,(H,25,28)/t14?,15?,16?,17?,19?,20-,24?/m0/s1. The Kier molecular flexibility index (Phi) is 5.51. The molecule has 5 aliphatic carbocycles. The van der Waals surface area contributed by atoms with Gasteiger partial charge in [-0.2, -0.15) is 0 Å². The average Bonchev–Trinajstić information content (AvgIpc) is 3.35. The van der Waals surface area contributed by atoms with Gasteiger partial charge in [-0.25, -0.2) is 4.79 Å². The van der Waals surface area contributed by atoms with Gasteiger partial charge >= 0.3 is 5.97 Å². The van der Waals surface area contributed by atoms with E-state index in [0.29, 0.717) is 17.8 Å². The summed E-state index contributed by atoms with van der Waals surface area (Å²) in [6.45, 7) is 1.77. The first kappa shape index (κ1) is 21.2. The largest absolute Gasteiger partial charge is 0.451 e. The molecular formula is C24H36N2O5. The second-order valence-electron chi connectivity index (χ2n) is 11.1. The summed E-state index contributed by atoms with van der Waals surface area (Å²) < 4.78 is 5.50. The van der Waals surface area contributed by atoms with Crippen LogP contribution in [0.2, 0.25) is 0 Å². The van der Waals surface area contributed by atoms with Crippen LogP contribution in [0.15, 0.2) is 0 Å². The highest BCUT2D eigenvalue weighted by atomic mass is 16.5. The first-order valence-electron chi connectivity index (χ1n) is 12.3. The summed E-state index contributed by atoms with van der Waals surface area (Å²) >= 11 is 0. The lowest BCUT2D eigenvalue weighted by molar-refractivity contribution is -0.168. The molecule has 2 amide bonds. The van der Waals surface area contributed by atoms with Gasteiger partial charge in [-0.1, -0.05) is 12.8 Å². The van der Waals surface area contributed by atoms with Crippen molar-refractivity contribution in [3.8, 4) is 0 Å². The van der Waals surface area contributed by atoms with Crippen LogP contribution in [-0.2, 0) is 19.1 Å². The Bertz CT molecular complexity index is 711. The Morgan fingerprint density at radius 2 is 1.58 bits per heavy atom. The number of rotatable bonds is 5. The van der Waals surface area contributed by atoms with Crippen LogP contribution in [0.4, 0.5) is 0 Å². The highest BCUT2D eigenvalue weighted by Crippen LogP contribution is 2.60. The lowest BCUT2D eigenvalue weighted by Crippen LogP contribution is -2.56. The smallest absolute Gasteiger partial charge is 0.329 e. The minimum atomic E-state index is -0.901. The summed E-state index contributed by atoms with van der Waals surface area (Å²) in [7, 11) is 0. The number of aliphatic hydroxyl groups excluding tert-OH is 1. The molecule has 0 aromatic carbocycles. The van der Waals surface area contributed by atoms with Crippen LogP contribution in [0.1, 0.15) is 77.6 Å². The minimum absolute atomic E-state index is 0.0353. The van der Waals surface area contributed by atoms with Crippen LogP contribution < -0.4 is 5.32 Å². The van der Waals surface area contributed by atoms with Crippen molar-refractivity contribution in [1.82, 2.24) is 10.2 Å². The maximum Gasteiger partial charge on any atom is 0.329 e. The number of nitrogens with zero attached hydrogens (tertiary/aromatic N) is 1. The molecule has 0 aromatic rings. The Hall–Kier alpha value is -1.63. The number of carbonyl (C=O) groups excluding carboxylic acids is 3. The Labute approximate surface area is 184 Å². The van der Waals surface area contributed by atoms with E-state index in [1.54, 1.807) is 11.8 Å². The molecule has 6 fully saturated rings. The number of ether oxygens (including phenoxy) is 1. The van der Waals surface area contributed by atoms with Crippen LogP contribution in [-0.4, -0.2) is 58.6 Å². The van der Waals surface area contributed by atoms with Crippen molar-refractivity contribution in [2.75, 3.05) is 6.54 Å². The van der Waals surface area contributed by atoms with E-state index in [0.717, 1.165) is 44.9 Å². The summed E-state index contributed by atoms with van der Waals surface area (Å²) in [5.74, 6) is 1.09. The van der Waals surface area contributed by atoms with Crippen molar-refractivity contribution in [3.63, 3.8) is 0 Å². The van der Waals surface area contributed by atoms with Crippen LogP contribution >= 0.6 is 0 Å². The van der Waals surface area contributed by atoms with Gasteiger partial charge in [0.1, 0.15) is 6.04 Å². The summed E-state index contributed by atoms with van der Waals surface area (Å²) in [4.78, 5) is 40.7. The molecule has 6 aliphatic rings. The second-order valence-corrected chi connectivity index (χ2v) is 11.1. The van der Waals surface area contributed by atoms with Crippen LogP contribution in [0.25, 0.3) is 0 Å². The fourth-order valence-electron chi connectivity index (χ4n) is 7.63. The summed E-state index contributed by atoms with van der Waals surface area (Å²) in [5, 5.41) is 13.3.